The van der Waals surface area contributed by atoms with E-state index in [4.69, 9.17) is 4.42 Å². The molecule has 4 heteroatoms. The van der Waals surface area contributed by atoms with E-state index in [-0.39, 0.29) is 0 Å². The van der Waals surface area contributed by atoms with Crippen molar-refractivity contribution in [1.29, 1.82) is 0 Å². The predicted octanol–water partition coefficient (Wildman–Crippen LogP) is 3.66. The highest BCUT2D eigenvalue weighted by molar-refractivity contribution is 5.96. The number of benzene rings is 1. The lowest BCUT2D eigenvalue weighted by Gasteiger charge is -2.02. The Bertz CT molecular complexity index is 717. The second-order valence-corrected chi connectivity index (χ2v) is 4.18. The summed E-state index contributed by atoms with van der Waals surface area (Å²) in [6.07, 6.45) is 1.63. The highest BCUT2D eigenvalue weighted by Gasteiger charge is 2.00. The average Bonchev–Trinajstić information content (AvgIpc) is 2.99. The molecule has 0 fully saturated rings. The van der Waals surface area contributed by atoms with Crippen LogP contribution in [-0.4, -0.2) is 10.7 Å². The molecule has 0 saturated heterocycles. The molecule has 0 aliphatic rings. The summed E-state index contributed by atoms with van der Waals surface area (Å²) in [4.78, 5) is 4.48. The van der Waals surface area contributed by atoms with Crippen molar-refractivity contribution < 1.29 is 4.42 Å². The van der Waals surface area contributed by atoms with E-state index >= 15 is 0 Å². The molecule has 0 atom stereocenters. The van der Waals surface area contributed by atoms with Gasteiger partial charge < -0.3 is 4.42 Å². The Morgan fingerprint density at radius 2 is 2.00 bits per heavy atom. The minimum Gasteiger partial charge on any atom is -0.463 e. The number of hydrogen-bond donors (Lipinski definition) is 1. The molecule has 1 N–H and O–H groups in total. The Morgan fingerprint density at radius 1 is 1.11 bits per heavy atom. The van der Waals surface area contributed by atoms with Crippen LogP contribution in [0.25, 0.3) is 10.9 Å². The largest absolute Gasteiger partial charge is 0.463 e. The van der Waals surface area contributed by atoms with E-state index in [1.54, 1.807) is 6.26 Å². The van der Waals surface area contributed by atoms with Crippen molar-refractivity contribution in [2.24, 2.45) is 5.10 Å². The maximum Gasteiger partial charge on any atom is 0.149 e. The molecular weight excluding hydrogens is 238 g/mol. The molecule has 0 aliphatic heterocycles. The van der Waals surface area contributed by atoms with Crippen molar-refractivity contribution in [3.63, 3.8) is 0 Å². The van der Waals surface area contributed by atoms with Crippen LogP contribution in [0.4, 0.5) is 5.82 Å². The van der Waals surface area contributed by atoms with Gasteiger partial charge in [0.25, 0.3) is 0 Å². The van der Waals surface area contributed by atoms with E-state index in [2.05, 4.69) is 15.5 Å². The molecule has 2 aromatic heterocycles. The number of nitrogens with one attached hydrogen (secondary N) is 1. The van der Waals surface area contributed by atoms with Crippen LogP contribution >= 0.6 is 0 Å². The number of para-hydroxylation sites is 1. The summed E-state index contributed by atoms with van der Waals surface area (Å²) < 4.78 is 5.26. The van der Waals surface area contributed by atoms with E-state index in [0.29, 0.717) is 5.82 Å². The predicted molar refractivity (Wildman–Crippen MR) is 76.3 cm³/mol. The first kappa shape index (κ1) is 11.5. The minimum absolute atomic E-state index is 0.713. The van der Waals surface area contributed by atoms with Crippen LogP contribution in [-0.2, 0) is 0 Å². The second kappa shape index (κ2) is 4.94. The maximum absolute atomic E-state index is 5.26. The van der Waals surface area contributed by atoms with Gasteiger partial charge in [0.05, 0.1) is 11.8 Å². The Labute approximate surface area is 110 Å². The lowest BCUT2D eigenvalue weighted by Crippen LogP contribution is -1.99. The van der Waals surface area contributed by atoms with E-state index < -0.39 is 0 Å². The van der Waals surface area contributed by atoms with Crippen LogP contribution < -0.4 is 5.43 Å². The topological polar surface area (TPSA) is 50.4 Å². The number of fused-ring (bicyclic) bond motifs is 1. The summed E-state index contributed by atoms with van der Waals surface area (Å²) >= 11 is 0. The SMILES string of the molecule is C/C(=N\Nc1ccc2ccccc2n1)c1ccco1. The monoisotopic (exact) mass is 251 g/mol. The van der Waals surface area contributed by atoms with Crippen LogP contribution in [0, 0.1) is 0 Å². The lowest BCUT2D eigenvalue weighted by molar-refractivity contribution is 0.557. The van der Waals surface area contributed by atoms with Crippen molar-refractivity contribution in [2.45, 2.75) is 6.92 Å². The number of aromatic nitrogens is 1. The number of furan rings is 1. The van der Waals surface area contributed by atoms with E-state index in [1.807, 2.05) is 55.5 Å². The van der Waals surface area contributed by atoms with Gasteiger partial charge >= 0.3 is 0 Å². The number of anilines is 1. The molecule has 0 unspecified atom stereocenters. The van der Waals surface area contributed by atoms with Crippen molar-refractivity contribution in [2.75, 3.05) is 5.43 Å². The van der Waals surface area contributed by atoms with Gasteiger partial charge in [0.1, 0.15) is 17.3 Å². The zero-order valence-electron chi connectivity index (χ0n) is 10.5. The normalized spacial score (nSPS) is 11.7. The minimum atomic E-state index is 0.713. The molecule has 0 saturated carbocycles. The van der Waals surface area contributed by atoms with Gasteiger partial charge in [-0.1, -0.05) is 18.2 Å². The molecule has 3 rings (SSSR count). The van der Waals surface area contributed by atoms with Crippen molar-refractivity contribution in [3.8, 4) is 0 Å². The molecular formula is C15H13N3O. The van der Waals surface area contributed by atoms with Gasteiger partial charge in [-0.2, -0.15) is 5.10 Å². The van der Waals surface area contributed by atoms with Crippen LogP contribution in [0.5, 0.6) is 0 Å². The summed E-state index contributed by atoms with van der Waals surface area (Å²) in [5, 5.41) is 5.36. The maximum atomic E-state index is 5.26. The fraction of sp³-hybridized carbons (Fsp3) is 0.0667. The van der Waals surface area contributed by atoms with Gasteiger partial charge in [0.15, 0.2) is 0 Å². The first-order valence-electron chi connectivity index (χ1n) is 6.03. The molecule has 3 aromatic rings. The summed E-state index contributed by atoms with van der Waals surface area (Å²) in [5.74, 6) is 1.46. The van der Waals surface area contributed by atoms with Crippen molar-refractivity contribution in [3.05, 3.63) is 60.6 Å². The molecule has 94 valence electrons. The van der Waals surface area contributed by atoms with Crippen LogP contribution in [0.2, 0.25) is 0 Å². The van der Waals surface area contributed by atoms with E-state index in [1.165, 1.54) is 0 Å². The zero-order valence-corrected chi connectivity index (χ0v) is 10.5. The van der Waals surface area contributed by atoms with Gasteiger partial charge in [-0.15, -0.1) is 0 Å². The standard InChI is InChI=1S/C15H13N3O/c1-11(14-7-4-10-19-14)17-18-15-9-8-12-5-2-3-6-13(12)16-15/h2-10H,1H3,(H,16,18)/b17-11+. The molecule has 1 aromatic carbocycles. The molecule has 0 bridgehead atoms. The Morgan fingerprint density at radius 3 is 2.84 bits per heavy atom. The highest BCUT2D eigenvalue weighted by Crippen LogP contribution is 2.14. The molecule has 0 radical (unpaired) electrons. The highest BCUT2D eigenvalue weighted by atomic mass is 16.3. The quantitative estimate of drug-likeness (QED) is 0.571. The first-order valence-corrected chi connectivity index (χ1v) is 6.03. The van der Waals surface area contributed by atoms with Gasteiger partial charge in [-0.05, 0) is 37.3 Å². The molecule has 4 nitrogen and oxygen atoms in total. The van der Waals surface area contributed by atoms with Crippen LogP contribution in [0.15, 0.2) is 64.3 Å². The van der Waals surface area contributed by atoms with Crippen LogP contribution in [0.3, 0.4) is 0 Å². The molecule has 0 aliphatic carbocycles. The van der Waals surface area contributed by atoms with Gasteiger partial charge in [-0.3, -0.25) is 5.43 Å². The Hall–Kier alpha value is -2.62. The third-order valence-electron chi connectivity index (χ3n) is 2.81. The fourth-order valence-corrected chi connectivity index (χ4v) is 1.81. The van der Waals surface area contributed by atoms with Crippen LogP contribution in [0.1, 0.15) is 12.7 Å². The summed E-state index contributed by atoms with van der Waals surface area (Å²) in [7, 11) is 0. The number of rotatable bonds is 3. The molecule has 0 spiro atoms. The zero-order chi connectivity index (χ0) is 13.1. The van der Waals surface area contributed by atoms with Crippen molar-refractivity contribution in [1.82, 2.24) is 4.98 Å². The average molecular weight is 251 g/mol. The summed E-state index contributed by atoms with van der Waals surface area (Å²) in [6, 6.07) is 15.6. The molecule has 2 heterocycles. The summed E-state index contributed by atoms with van der Waals surface area (Å²) in [6.45, 7) is 1.88. The fourth-order valence-electron chi connectivity index (χ4n) is 1.81. The smallest absolute Gasteiger partial charge is 0.149 e. The third-order valence-corrected chi connectivity index (χ3v) is 2.81. The number of hydrogen-bond acceptors (Lipinski definition) is 4. The van der Waals surface area contributed by atoms with E-state index in [9.17, 15) is 0 Å². The molecule has 19 heavy (non-hydrogen) atoms. The van der Waals surface area contributed by atoms with Crippen molar-refractivity contribution >= 4 is 22.4 Å². The van der Waals surface area contributed by atoms with Gasteiger partial charge in [0, 0.05) is 5.39 Å². The van der Waals surface area contributed by atoms with Gasteiger partial charge in [-0.25, -0.2) is 4.98 Å². The summed E-state index contributed by atoms with van der Waals surface area (Å²) in [5.41, 5.74) is 4.66. The Kier molecular flexibility index (Phi) is 2.98. The molecule has 0 amide bonds. The van der Waals surface area contributed by atoms with Gasteiger partial charge in [0.2, 0.25) is 0 Å². The number of pyridine rings is 1. The lowest BCUT2D eigenvalue weighted by atomic mass is 10.2. The Balaban J connectivity index is 1.84. The second-order valence-electron chi connectivity index (χ2n) is 4.18. The van der Waals surface area contributed by atoms with E-state index in [0.717, 1.165) is 22.4 Å². The number of nitrogens with zero attached hydrogens (tertiary/aromatic N) is 2. The first-order chi connectivity index (χ1) is 9.33. The third kappa shape index (κ3) is 2.47. The number of hydrazone groups is 1.